The second kappa shape index (κ2) is 8.50. The Morgan fingerprint density at radius 1 is 1.44 bits per heavy atom. The van der Waals surface area contributed by atoms with E-state index in [0.717, 1.165) is 19.6 Å². The fourth-order valence-electron chi connectivity index (χ4n) is 1.62. The van der Waals surface area contributed by atoms with Gasteiger partial charge in [0.15, 0.2) is 0 Å². The fourth-order valence-corrected chi connectivity index (χ4v) is 1.62. The Hall–Kier alpha value is -0.650. The summed E-state index contributed by atoms with van der Waals surface area (Å²) in [6, 6.07) is -0.494. The van der Waals surface area contributed by atoms with Gasteiger partial charge in [0.25, 0.3) is 0 Å². The quantitative estimate of drug-likeness (QED) is 0.603. The highest BCUT2D eigenvalue weighted by atomic mass is 16.5. The van der Waals surface area contributed by atoms with Gasteiger partial charge >= 0.3 is 5.97 Å². The van der Waals surface area contributed by atoms with Gasteiger partial charge in [-0.05, 0) is 20.0 Å². The number of aliphatic carboxylic acids is 1. The molecule has 0 bridgehead atoms. The standard InChI is InChI=1S/C11H24N2O3/c1-5-13(6-2)7-9(3)12-10(8-16-4)11(14)15/h9-10,12H,5-8H2,1-4H3,(H,14,15). The van der Waals surface area contributed by atoms with Crippen molar-refractivity contribution in [2.75, 3.05) is 33.4 Å². The van der Waals surface area contributed by atoms with E-state index in [1.54, 1.807) is 0 Å². The van der Waals surface area contributed by atoms with Crippen LogP contribution in [0.15, 0.2) is 0 Å². The third kappa shape index (κ3) is 6.05. The van der Waals surface area contributed by atoms with Gasteiger partial charge in [0.2, 0.25) is 0 Å². The van der Waals surface area contributed by atoms with E-state index < -0.39 is 12.0 Å². The highest BCUT2D eigenvalue weighted by Gasteiger charge is 2.19. The predicted octanol–water partition coefficient (Wildman–Crippen LogP) is 0.406. The molecule has 0 heterocycles. The van der Waals surface area contributed by atoms with Crippen LogP contribution in [0.3, 0.4) is 0 Å². The normalized spacial score (nSPS) is 15.1. The molecule has 2 N–H and O–H groups in total. The number of likely N-dealkylation sites (N-methyl/N-ethyl adjacent to an activating group) is 1. The van der Waals surface area contributed by atoms with Crippen LogP contribution >= 0.6 is 0 Å². The number of carboxylic acids is 1. The Kier molecular flexibility index (Phi) is 8.15. The van der Waals surface area contributed by atoms with Crippen molar-refractivity contribution in [1.82, 2.24) is 10.2 Å². The first-order chi connectivity index (χ1) is 7.54. The monoisotopic (exact) mass is 232 g/mol. The minimum Gasteiger partial charge on any atom is -0.480 e. The SMILES string of the molecule is CCN(CC)CC(C)NC(COC)C(=O)O. The van der Waals surface area contributed by atoms with Crippen molar-refractivity contribution in [3.63, 3.8) is 0 Å². The van der Waals surface area contributed by atoms with Crippen LogP contribution in [-0.4, -0.2) is 61.4 Å². The van der Waals surface area contributed by atoms with Crippen molar-refractivity contribution in [1.29, 1.82) is 0 Å². The molecule has 5 heteroatoms. The fraction of sp³-hybridized carbons (Fsp3) is 0.909. The van der Waals surface area contributed by atoms with Crippen molar-refractivity contribution in [3.8, 4) is 0 Å². The van der Waals surface area contributed by atoms with Gasteiger partial charge < -0.3 is 14.7 Å². The molecule has 0 aromatic carbocycles. The second-order valence-corrected chi connectivity index (χ2v) is 3.90. The number of carbonyl (C=O) groups is 1. The summed E-state index contributed by atoms with van der Waals surface area (Å²) < 4.78 is 4.87. The first-order valence-electron chi connectivity index (χ1n) is 5.75. The molecule has 0 spiro atoms. The van der Waals surface area contributed by atoms with E-state index in [4.69, 9.17) is 9.84 Å². The van der Waals surface area contributed by atoms with Crippen LogP contribution in [0.2, 0.25) is 0 Å². The molecule has 0 aromatic rings. The minimum atomic E-state index is -0.867. The van der Waals surface area contributed by atoms with Crippen LogP contribution in [0, 0.1) is 0 Å². The van der Waals surface area contributed by atoms with Crippen molar-refractivity contribution in [2.45, 2.75) is 32.9 Å². The van der Waals surface area contributed by atoms with Crippen LogP contribution in [-0.2, 0) is 9.53 Å². The Labute approximate surface area is 97.8 Å². The maximum atomic E-state index is 10.9. The molecule has 0 saturated carbocycles. The van der Waals surface area contributed by atoms with Gasteiger partial charge in [-0.15, -0.1) is 0 Å². The second-order valence-electron chi connectivity index (χ2n) is 3.90. The topological polar surface area (TPSA) is 61.8 Å². The van der Waals surface area contributed by atoms with Crippen molar-refractivity contribution in [3.05, 3.63) is 0 Å². The molecule has 96 valence electrons. The summed E-state index contributed by atoms with van der Waals surface area (Å²) in [6.07, 6.45) is 0. The molecule has 0 saturated heterocycles. The summed E-state index contributed by atoms with van der Waals surface area (Å²) in [6.45, 7) is 9.18. The molecule has 0 aliphatic heterocycles. The number of ether oxygens (including phenoxy) is 1. The Balaban J connectivity index is 4.07. The molecule has 0 aromatic heterocycles. The third-order valence-electron chi connectivity index (χ3n) is 2.54. The lowest BCUT2D eigenvalue weighted by Gasteiger charge is -2.25. The average Bonchev–Trinajstić information content (AvgIpc) is 2.25. The van der Waals surface area contributed by atoms with Crippen molar-refractivity contribution < 1.29 is 14.6 Å². The van der Waals surface area contributed by atoms with Crippen LogP contribution in [0.5, 0.6) is 0 Å². The van der Waals surface area contributed by atoms with E-state index in [1.165, 1.54) is 7.11 Å². The van der Waals surface area contributed by atoms with Crippen molar-refractivity contribution >= 4 is 5.97 Å². The van der Waals surface area contributed by atoms with Gasteiger partial charge in [-0.3, -0.25) is 10.1 Å². The number of methoxy groups -OCH3 is 1. The maximum Gasteiger partial charge on any atom is 0.323 e. The summed E-state index contributed by atoms with van der Waals surface area (Å²) in [4.78, 5) is 13.1. The van der Waals surface area contributed by atoms with Gasteiger partial charge in [-0.25, -0.2) is 0 Å². The van der Waals surface area contributed by atoms with Crippen molar-refractivity contribution in [2.24, 2.45) is 0 Å². The molecule has 0 amide bonds. The number of carboxylic acid groups (broad SMARTS) is 1. The largest absolute Gasteiger partial charge is 0.480 e. The molecule has 2 unspecified atom stereocenters. The smallest absolute Gasteiger partial charge is 0.323 e. The number of nitrogens with zero attached hydrogens (tertiary/aromatic N) is 1. The molecule has 5 nitrogen and oxygen atoms in total. The van der Waals surface area contributed by atoms with Crippen LogP contribution in [0.1, 0.15) is 20.8 Å². The average molecular weight is 232 g/mol. The Morgan fingerprint density at radius 3 is 2.38 bits per heavy atom. The predicted molar refractivity (Wildman–Crippen MR) is 63.7 cm³/mol. The summed E-state index contributed by atoms with van der Waals surface area (Å²) in [7, 11) is 1.51. The van der Waals surface area contributed by atoms with Gasteiger partial charge in [0.1, 0.15) is 6.04 Å². The lowest BCUT2D eigenvalue weighted by Crippen LogP contribution is -2.49. The number of hydrogen-bond acceptors (Lipinski definition) is 4. The van der Waals surface area contributed by atoms with E-state index in [0.29, 0.717) is 0 Å². The van der Waals surface area contributed by atoms with E-state index in [2.05, 4.69) is 24.1 Å². The zero-order chi connectivity index (χ0) is 12.6. The van der Waals surface area contributed by atoms with E-state index in [9.17, 15) is 4.79 Å². The lowest BCUT2D eigenvalue weighted by atomic mass is 10.2. The summed E-state index contributed by atoms with van der Waals surface area (Å²) in [5.41, 5.74) is 0. The lowest BCUT2D eigenvalue weighted by molar-refractivity contribution is -0.141. The molecular weight excluding hydrogens is 208 g/mol. The molecule has 0 fully saturated rings. The highest BCUT2D eigenvalue weighted by molar-refractivity contribution is 5.73. The van der Waals surface area contributed by atoms with Crippen LogP contribution < -0.4 is 5.32 Å². The zero-order valence-electron chi connectivity index (χ0n) is 10.7. The molecule has 0 radical (unpaired) electrons. The molecule has 16 heavy (non-hydrogen) atoms. The van der Waals surface area contributed by atoms with Gasteiger partial charge in [-0.1, -0.05) is 13.8 Å². The van der Waals surface area contributed by atoms with Gasteiger partial charge in [0.05, 0.1) is 6.61 Å². The zero-order valence-corrected chi connectivity index (χ0v) is 10.7. The summed E-state index contributed by atoms with van der Waals surface area (Å²) >= 11 is 0. The van der Waals surface area contributed by atoms with E-state index >= 15 is 0 Å². The third-order valence-corrected chi connectivity index (χ3v) is 2.54. The van der Waals surface area contributed by atoms with Crippen LogP contribution in [0.25, 0.3) is 0 Å². The molecule has 0 aliphatic rings. The molecule has 0 aliphatic carbocycles. The van der Waals surface area contributed by atoms with Gasteiger partial charge in [0, 0.05) is 19.7 Å². The van der Waals surface area contributed by atoms with Crippen LogP contribution in [0.4, 0.5) is 0 Å². The minimum absolute atomic E-state index is 0.135. The highest BCUT2D eigenvalue weighted by Crippen LogP contribution is 1.95. The first kappa shape index (κ1) is 15.3. The summed E-state index contributed by atoms with van der Waals surface area (Å²) in [5, 5.41) is 12.0. The van der Waals surface area contributed by atoms with E-state index in [-0.39, 0.29) is 12.6 Å². The Bertz CT molecular complexity index is 196. The molecule has 2 atom stereocenters. The molecule has 0 rings (SSSR count). The number of nitrogens with one attached hydrogen (secondary N) is 1. The molecular formula is C11H24N2O3. The first-order valence-corrected chi connectivity index (χ1v) is 5.75. The van der Waals surface area contributed by atoms with Gasteiger partial charge in [-0.2, -0.15) is 0 Å². The van der Waals surface area contributed by atoms with E-state index in [1.807, 2.05) is 6.92 Å². The number of hydrogen-bond donors (Lipinski definition) is 2. The number of rotatable bonds is 9. The maximum absolute atomic E-state index is 10.9. The Morgan fingerprint density at radius 2 is 2.00 bits per heavy atom. The summed E-state index contributed by atoms with van der Waals surface area (Å²) in [5.74, 6) is -0.867.